The zero-order valence-electron chi connectivity index (χ0n) is 8.71. The monoisotopic (exact) mass is 191 g/mol. The van der Waals surface area contributed by atoms with Gasteiger partial charge in [-0.15, -0.1) is 0 Å². The minimum Gasteiger partial charge on any atom is -0.253 e. The fourth-order valence-electron chi connectivity index (χ4n) is 1.22. The fourth-order valence-corrected chi connectivity index (χ4v) is 1.22. The van der Waals surface area contributed by atoms with Crippen LogP contribution in [0.3, 0.4) is 0 Å². The molecule has 0 N–H and O–H groups in total. The molecule has 14 heavy (non-hydrogen) atoms. The van der Waals surface area contributed by atoms with E-state index in [0.717, 1.165) is 11.2 Å². The van der Waals surface area contributed by atoms with Gasteiger partial charge in [0, 0.05) is 11.1 Å². The first-order chi connectivity index (χ1) is 6.77. The van der Waals surface area contributed by atoms with Crippen molar-refractivity contribution in [2.45, 2.75) is 20.8 Å². The van der Waals surface area contributed by atoms with Gasteiger partial charge in [-0.25, -0.2) is 4.39 Å². The summed E-state index contributed by atoms with van der Waals surface area (Å²) in [5.74, 6) is -0.208. The number of pyridine rings is 1. The molecule has 1 aromatic heterocycles. The summed E-state index contributed by atoms with van der Waals surface area (Å²) < 4.78 is 13.1. The molecule has 0 atom stereocenters. The lowest BCUT2D eigenvalue weighted by Crippen LogP contribution is -1.84. The molecule has 0 fully saturated rings. The molecule has 0 amide bonds. The lowest BCUT2D eigenvalue weighted by atomic mass is 10.2. The minimum atomic E-state index is -0.208. The van der Waals surface area contributed by atoms with Crippen molar-refractivity contribution >= 4 is 10.9 Å². The number of hydrogen-bond donors (Lipinski definition) is 0. The van der Waals surface area contributed by atoms with Gasteiger partial charge < -0.3 is 0 Å². The number of hydrogen-bond acceptors (Lipinski definition) is 1. The Kier molecular flexibility index (Phi) is 3.57. The molecule has 0 aliphatic heterocycles. The van der Waals surface area contributed by atoms with Gasteiger partial charge in [0.15, 0.2) is 0 Å². The first-order valence-corrected chi connectivity index (χ1v) is 4.79. The molecule has 1 nitrogen and oxygen atoms in total. The summed E-state index contributed by atoms with van der Waals surface area (Å²) in [7, 11) is 0. The predicted octanol–water partition coefficient (Wildman–Crippen LogP) is 3.71. The van der Waals surface area contributed by atoms with Gasteiger partial charge in [-0.2, -0.15) is 0 Å². The maximum Gasteiger partial charge on any atom is 0.132 e. The highest BCUT2D eigenvalue weighted by molar-refractivity contribution is 5.79. The van der Waals surface area contributed by atoms with Gasteiger partial charge in [0.05, 0.1) is 5.52 Å². The predicted molar refractivity (Wildman–Crippen MR) is 57.8 cm³/mol. The Labute approximate surface area is 83.6 Å². The molecule has 0 radical (unpaired) electrons. The summed E-state index contributed by atoms with van der Waals surface area (Å²) in [4.78, 5) is 4.20. The van der Waals surface area contributed by atoms with Crippen LogP contribution in [0.2, 0.25) is 0 Å². The van der Waals surface area contributed by atoms with Gasteiger partial charge >= 0.3 is 0 Å². The maximum atomic E-state index is 13.1. The number of aryl methyl sites for hydroxylation is 1. The number of rotatable bonds is 0. The molecule has 0 spiro atoms. The molecule has 1 aromatic carbocycles. The second-order valence-corrected chi connectivity index (χ2v) is 2.76. The Morgan fingerprint density at radius 1 is 1.07 bits per heavy atom. The van der Waals surface area contributed by atoms with E-state index >= 15 is 0 Å². The van der Waals surface area contributed by atoms with Crippen LogP contribution in [-0.4, -0.2) is 4.98 Å². The number of fused-ring (bicyclic) bond motifs is 1. The van der Waals surface area contributed by atoms with E-state index in [0.29, 0.717) is 5.39 Å². The molecule has 74 valence electrons. The number of halogens is 1. The Hall–Kier alpha value is -1.44. The zero-order chi connectivity index (χ0) is 10.6. The third-order valence-electron chi connectivity index (χ3n) is 1.82. The second-order valence-electron chi connectivity index (χ2n) is 2.76. The molecule has 1 heterocycles. The van der Waals surface area contributed by atoms with Crippen LogP contribution in [0, 0.1) is 12.7 Å². The summed E-state index contributed by atoms with van der Waals surface area (Å²) in [6.45, 7) is 5.89. The van der Waals surface area contributed by atoms with Gasteiger partial charge in [0.2, 0.25) is 0 Å². The van der Waals surface area contributed by atoms with E-state index in [-0.39, 0.29) is 5.82 Å². The van der Waals surface area contributed by atoms with Crippen LogP contribution in [0.5, 0.6) is 0 Å². The molecular formula is C12H14FN. The third kappa shape index (κ3) is 2.08. The lowest BCUT2D eigenvalue weighted by molar-refractivity contribution is 0.639. The molecule has 0 saturated carbocycles. The average Bonchev–Trinajstić information content (AvgIpc) is 2.21. The van der Waals surface area contributed by atoms with Crippen molar-refractivity contribution in [2.75, 3.05) is 0 Å². The molecule has 2 aromatic rings. The molecule has 0 unspecified atom stereocenters. The topological polar surface area (TPSA) is 12.9 Å². The van der Waals surface area contributed by atoms with Crippen molar-refractivity contribution in [3.05, 3.63) is 41.8 Å². The maximum absolute atomic E-state index is 13.1. The Morgan fingerprint density at radius 2 is 1.79 bits per heavy atom. The Balaban J connectivity index is 0.000000461. The largest absolute Gasteiger partial charge is 0.253 e. The summed E-state index contributed by atoms with van der Waals surface area (Å²) in [6.07, 6.45) is 0. The smallest absolute Gasteiger partial charge is 0.132 e. The van der Waals surface area contributed by atoms with E-state index in [1.807, 2.05) is 32.9 Å². The van der Waals surface area contributed by atoms with E-state index in [1.165, 1.54) is 6.07 Å². The van der Waals surface area contributed by atoms with Crippen molar-refractivity contribution in [3.8, 4) is 0 Å². The number of aromatic nitrogens is 1. The zero-order valence-corrected chi connectivity index (χ0v) is 8.71. The van der Waals surface area contributed by atoms with Crippen molar-refractivity contribution in [2.24, 2.45) is 0 Å². The van der Waals surface area contributed by atoms with E-state index in [9.17, 15) is 4.39 Å². The highest BCUT2D eigenvalue weighted by Gasteiger charge is 1.99. The van der Waals surface area contributed by atoms with Gasteiger partial charge in [-0.3, -0.25) is 4.98 Å². The molecule has 0 aliphatic carbocycles. The van der Waals surface area contributed by atoms with Crippen LogP contribution in [0.25, 0.3) is 10.9 Å². The van der Waals surface area contributed by atoms with Crippen LogP contribution in [0.4, 0.5) is 4.39 Å². The standard InChI is InChI=1S/C10H8FN.C2H6/c1-7-5-6-8-9(11)3-2-4-10(8)12-7;1-2/h2-6H,1H3;1-2H3. The number of benzene rings is 1. The highest BCUT2D eigenvalue weighted by atomic mass is 19.1. The second kappa shape index (κ2) is 4.70. The van der Waals surface area contributed by atoms with Crippen LogP contribution in [0.15, 0.2) is 30.3 Å². The van der Waals surface area contributed by atoms with Crippen LogP contribution in [-0.2, 0) is 0 Å². The molecule has 0 aliphatic rings. The average molecular weight is 191 g/mol. The van der Waals surface area contributed by atoms with Crippen molar-refractivity contribution < 1.29 is 4.39 Å². The quantitative estimate of drug-likeness (QED) is 0.618. The van der Waals surface area contributed by atoms with E-state index < -0.39 is 0 Å². The van der Waals surface area contributed by atoms with Gasteiger partial charge in [0.1, 0.15) is 5.82 Å². The van der Waals surface area contributed by atoms with Crippen LogP contribution < -0.4 is 0 Å². The molecule has 2 heteroatoms. The molecule has 2 rings (SSSR count). The SMILES string of the molecule is CC.Cc1ccc2c(F)cccc2n1. The fraction of sp³-hybridized carbons (Fsp3) is 0.250. The highest BCUT2D eigenvalue weighted by Crippen LogP contribution is 2.15. The van der Waals surface area contributed by atoms with E-state index in [1.54, 1.807) is 12.1 Å². The first kappa shape index (κ1) is 10.6. The number of nitrogens with zero attached hydrogens (tertiary/aromatic N) is 1. The van der Waals surface area contributed by atoms with Gasteiger partial charge in [0.25, 0.3) is 0 Å². The van der Waals surface area contributed by atoms with E-state index in [4.69, 9.17) is 0 Å². The van der Waals surface area contributed by atoms with Gasteiger partial charge in [-0.1, -0.05) is 19.9 Å². The lowest BCUT2D eigenvalue weighted by Gasteiger charge is -1.98. The van der Waals surface area contributed by atoms with E-state index in [2.05, 4.69) is 4.98 Å². The summed E-state index contributed by atoms with van der Waals surface area (Å²) in [5, 5.41) is 0.586. The third-order valence-corrected chi connectivity index (χ3v) is 1.82. The molecule has 0 bridgehead atoms. The first-order valence-electron chi connectivity index (χ1n) is 4.79. The summed E-state index contributed by atoms with van der Waals surface area (Å²) in [6, 6.07) is 8.49. The van der Waals surface area contributed by atoms with Gasteiger partial charge in [-0.05, 0) is 31.2 Å². The van der Waals surface area contributed by atoms with Crippen molar-refractivity contribution in [1.82, 2.24) is 4.98 Å². The summed E-state index contributed by atoms with van der Waals surface area (Å²) in [5.41, 5.74) is 1.63. The van der Waals surface area contributed by atoms with Crippen LogP contribution in [0.1, 0.15) is 19.5 Å². The van der Waals surface area contributed by atoms with Crippen molar-refractivity contribution in [1.29, 1.82) is 0 Å². The molecular weight excluding hydrogens is 177 g/mol. The molecule has 0 saturated heterocycles. The normalized spacial score (nSPS) is 9.43. The Bertz CT molecular complexity index is 424. The van der Waals surface area contributed by atoms with Crippen molar-refractivity contribution in [3.63, 3.8) is 0 Å². The summed E-state index contributed by atoms with van der Waals surface area (Å²) >= 11 is 0. The Morgan fingerprint density at radius 3 is 2.50 bits per heavy atom. The van der Waals surface area contributed by atoms with Crippen LogP contribution >= 0.6 is 0 Å². The minimum absolute atomic E-state index is 0.208.